The molecule has 24 heavy (non-hydrogen) atoms. The van der Waals surface area contributed by atoms with Gasteiger partial charge in [0.05, 0.1) is 21.4 Å². The maximum atomic E-state index is 12.4. The molecule has 0 aromatic carbocycles. The van der Waals surface area contributed by atoms with Gasteiger partial charge in [-0.15, -0.1) is 22.7 Å². The number of carbonyl (C=O) groups excluding carboxylic acids is 2. The van der Waals surface area contributed by atoms with Gasteiger partial charge in [-0.05, 0) is 49.8 Å². The highest BCUT2D eigenvalue weighted by Gasteiger charge is 2.29. The summed E-state index contributed by atoms with van der Waals surface area (Å²) in [5, 5.41) is 3.47. The van der Waals surface area contributed by atoms with Gasteiger partial charge in [-0.25, -0.2) is 4.79 Å². The number of nitrogens with one attached hydrogen (secondary N) is 1. The fourth-order valence-electron chi connectivity index (χ4n) is 2.86. The number of rotatable bonds is 4. The monoisotopic (exact) mass is 383 g/mol. The number of carbonyl (C=O) groups is 2. The lowest BCUT2D eigenvalue weighted by Crippen LogP contribution is -2.16. The van der Waals surface area contributed by atoms with Crippen molar-refractivity contribution in [3.63, 3.8) is 0 Å². The SMILES string of the molecule is CCOC(=O)c1c(NC(=O)c2ccc(Cl)s2)sc2c1CC[C@@H](C)C2. The van der Waals surface area contributed by atoms with E-state index in [-0.39, 0.29) is 11.9 Å². The van der Waals surface area contributed by atoms with Crippen LogP contribution in [0.4, 0.5) is 5.00 Å². The van der Waals surface area contributed by atoms with Crippen molar-refractivity contribution in [1.29, 1.82) is 0 Å². The van der Waals surface area contributed by atoms with E-state index in [4.69, 9.17) is 16.3 Å². The van der Waals surface area contributed by atoms with Crippen LogP contribution in [-0.2, 0) is 17.6 Å². The molecule has 3 rings (SSSR count). The van der Waals surface area contributed by atoms with Crippen LogP contribution in [-0.4, -0.2) is 18.5 Å². The molecule has 0 aliphatic heterocycles. The van der Waals surface area contributed by atoms with Gasteiger partial charge < -0.3 is 10.1 Å². The molecule has 128 valence electrons. The number of hydrogen-bond acceptors (Lipinski definition) is 5. The quantitative estimate of drug-likeness (QED) is 0.754. The largest absolute Gasteiger partial charge is 0.462 e. The molecule has 0 radical (unpaired) electrons. The summed E-state index contributed by atoms with van der Waals surface area (Å²) in [4.78, 5) is 26.5. The van der Waals surface area contributed by atoms with Crippen molar-refractivity contribution in [1.82, 2.24) is 0 Å². The Labute approximate surface area is 153 Å². The smallest absolute Gasteiger partial charge is 0.341 e. The van der Waals surface area contributed by atoms with Crippen molar-refractivity contribution < 1.29 is 14.3 Å². The number of amides is 1. The fourth-order valence-corrected chi connectivity index (χ4v) is 5.19. The molecule has 1 aliphatic rings. The van der Waals surface area contributed by atoms with Crippen LogP contribution in [0.15, 0.2) is 12.1 Å². The summed E-state index contributed by atoms with van der Waals surface area (Å²) >= 11 is 8.60. The average molecular weight is 384 g/mol. The number of thiophene rings is 2. The summed E-state index contributed by atoms with van der Waals surface area (Å²) in [6.45, 7) is 4.30. The second-order valence-corrected chi connectivity index (χ2v) is 8.65. The minimum absolute atomic E-state index is 0.246. The first kappa shape index (κ1) is 17.5. The molecule has 2 aromatic heterocycles. The Kier molecular flexibility index (Phi) is 5.27. The third kappa shape index (κ3) is 3.50. The highest BCUT2D eigenvalue weighted by atomic mass is 35.5. The van der Waals surface area contributed by atoms with Crippen molar-refractivity contribution in [2.75, 3.05) is 11.9 Å². The molecule has 0 saturated heterocycles. The molecule has 4 nitrogen and oxygen atoms in total. The van der Waals surface area contributed by atoms with E-state index in [1.807, 2.05) is 0 Å². The van der Waals surface area contributed by atoms with Crippen molar-refractivity contribution in [2.45, 2.75) is 33.1 Å². The number of hydrogen-bond donors (Lipinski definition) is 1. The first-order chi connectivity index (χ1) is 11.5. The van der Waals surface area contributed by atoms with Gasteiger partial charge in [0.2, 0.25) is 0 Å². The van der Waals surface area contributed by atoms with Gasteiger partial charge in [0.15, 0.2) is 0 Å². The number of anilines is 1. The summed E-state index contributed by atoms with van der Waals surface area (Å²) < 4.78 is 5.77. The predicted octanol–water partition coefficient (Wildman–Crippen LogP) is 5.02. The summed E-state index contributed by atoms with van der Waals surface area (Å²) in [6.07, 6.45) is 2.83. The van der Waals surface area contributed by atoms with E-state index in [2.05, 4.69) is 12.2 Å². The lowest BCUT2D eigenvalue weighted by atomic mass is 9.88. The minimum atomic E-state index is -0.357. The predicted molar refractivity (Wildman–Crippen MR) is 98.7 cm³/mol. The Hall–Kier alpha value is -1.37. The highest BCUT2D eigenvalue weighted by molar-refractivity contribution is 7.18. The molecular weight excluding hydrogens is 366 g/mol. The average Bonchev–Trinajstić information content (AvgIpc) is 3.10. The molecular formula is C17H18ClNO3S2. The molecule has 1 aliphatic carbocycles. The van der Waals surface area contributed by atoms with E-state index in [1.54, 1.807) is 19.1 Å². The van der Waals surface area contributed by atoms with Gasteiger partial charge in [-0.2, -0.15) is 0 Å². The molecule has 1 amide bonds. The van der Waals surface area contributed by atoms with E-state index in [9.17, 15) is 9.59 Å². The van der Waals surface area contributed by atoms with E-state index < -0.39 is 0 Å². The van der Waals surface area contributed by atoms with Gasteiger partial charge in [-0.1, -0.05) is 18.5 Å². The molecule has 0 spiro atoms. The van der Waals surface area contributed by atoms with E-state index in [0.717, 1.165) is 24.8 Å². The van der Waals surface area contributed by atoms with E-state index >= 15 is 0 Å². The Morgan fingerprint density at radius 2 is 2.17 bits per heavy atom. The van der Waals surface area contributed by atoms with Crippen LogP contribution >= 0.6 is 34.3 Å². The van der Waals surface area contributed by atoms with Crippen LogP contribution in [0.1, 0.15) is 50.7 Å². The maximum Gasteiger partial charge on any atom is 0.341 e. The zero-order valence-corrected chi connectivity index (χ0v) is 15.9. The zero-order valence-electron chi connectivity index (χ0n) is 13.5. The third-order valence-electron chi connectivity index (χ3n) is 4.02. The van der Waals surface area contributed by atoms with E-state index in [1.165, 1.54) is 27.6 Å². The fraction of sp³-hybridized carbons (Fsp3) is 0.412. The molecule has 2 aromatic rings. The molecule has 1 N–H and O–H groups in total. The first-order valence-corrected chi connectivity index (χ1v) is 9.89. The van der Waals surface area contributed by atoms with Crippen LogP contribution in [0.25, 0.3) is 0 Å². The Morgan fingerprint density at radius 1 is 1.38 bits per heavy atom. The topological polar surface area (TPSA) is 55.4 Å². The molecule has 7 heteroatoms. The summed E-state index contributed by atoms with van der Waals surface area (Å²) in [6, 6.07) is 3.37. The van der Waals surface area contributed by atoms with Crippen LogP contribution in [0, 0.1) is 5.92 Å². The van der Waals surface area contributed by atoms with Gasteiger partial charge in [0.1, 0.15) is 5.00 Å². The lowest BCUT2D eigenvalue weighted by Gasteiger charge is -2.18. The second kappa shape index (κ2) is 7.25. The number of ether oxygens (including phenoxy) is 1. The molecule has 0 unspecified atom stereocenters. The molecule has 0 fully saturated rings. The molecule has 0 saturated carbocycles. The second-order valence-electron chi connectivity index (χ2n) is 5.83. The van der Waals surface area contributed by atoms with Gasteiger partial charge in [0.25, 0.3) is 5.91 Å². The van der Waals surface area contributed by atoms with Crippen molar-refractivity contribution in [2.24, 2.45) is 5.92 Å². The zero-order chi connectivity index (χ0) is 17.3. The van der Waals surface area contributed by atoms with Gasteiger partial charge in [0, 0.05) is 4.88 Å². The third-order valence-corrected chi connectivity index (χ3v) is 6.41. The summed E-state index contributed by atoms with van der Waals surface area (Å²) in [5.74, 6) is -0.0148. The van der Waals surface area contributed by atoms with Crippen LogP contribution < -0.4 is 5.32 Å². The highest BCUT2D eigenvalue weighted by Crippen LogP contribution is 2.40. The van der Waals surface area contributed by atoms with Crippen molar-refractivity contribution in [3.05, 3.63) is 37.4 Å². The Bertz CT molecular complexity index is 781. The normalized spacial score (nSPS) is 16.5. The summed E-state index contributed by atoms with van der Waals surface area (Å²) in [7, 11) is 0. The van der Waals surface area contributed by atoms with Crippen molar-refractivity contribution >= 4 is 51.2 Å². The molecule has 0 bridgehead atoms. The standard InChI is InChI=1S/C17H18ClNO3S2/c1-3-22-17(21)14-10-5-4-9(2)8-12(10)24-16(14)19-15(20)11-6-7-13(18)23-11/h6-7,9H,3-5,8H2,1-2H3,(H,19,20)/t9-/m1/s1. The van der Waals surface area contributed by atoms with Crippen molar-refractivity contribution in [3.8, 4) is 0 Å². The minimum Gasteiger partial charge on any atom is -0.462 e. The molecule has 1 atom stereocenters. The lowest BCUT2D eigenvalue weighted by molar-refractivity contribution is 0.0526. The summed E-state index contributed by atoms with van der Waals surface area (Å²) in [5.41, 5.74) is 1.57. The number of fused-ring (bicyclic) bond motifs is 1. The van der Waals surface area contributed by atoms with Crippen LogP contribution in [0.3, 0.4) is 0 Å². The Morgan fingerprint density at radius 3 is 2.83 bits per heavy atom. The van der Waals surface area contributed by atoms with Gasteiger partial charge >= 0.3 is 5.97 Å². The maximum absolute atomic E-state index is 12.4. The van der Waals surface area contributed by atoms with E-state index in [0.29, 0.717) is 32.3 Å². The van der Waals surface area contributed by atoms with Crippen LogP contribution in [0.2, 0.25) is 4.34 Å². The number of esters is 1. The first-order valence-electron chi connectivity index (χ1n) is 7.88. The molecule has 2 heterocycles. The van der Waals surface area contributed by atoms with Crippen LogP contribution in [0.5, 0.6) is 0 Å². The Balaban J connectivity index is 1.94. The van der Waals surface area contributed by atoms with Gasteiger partial charge in [-0.3, -0.25) is 4.79 Å². The number of halogens is 1.